The van der Waals surface area contributed by atoms with Gasteiger partial charge in [0, 0.05) is 23.4 Å². The molecule has 5 nitrogen and oxygen atoms in total. The Balaban J connectivity index is 1.65. The van der Waals surface area contributed by atoms with Gasteiger partial charge in [0.2, 0.25) is 0 Å². The summed E-state index contributed by atoms with van der Waals surface area (Å²) in [6.45, 7) is 10.5. The summed E-state index contributed by atoms with van der Waals surface area (Å²) in [6.07, 6.45) is 1.05. The van der Waals surface area contributed by atoms with Gasteiger partial charge >= 0.3 is 0 Å². The number of rotatable bonds is 5. The monoisotopic (exact) mass is 535 g/mol. The predicted octanol–water partition coefficient (Wildman–Crippen LogP) is 7.27. The molecule has 0 spiro atoms. The van der Waals surface area contributed by atoms with Crippen molar-refractivity contribution in [3.63, 3.8) is 0 Å². The number of allylic oxidation sites excluding steroid dienone is 3. The first-order chi connectivity index (χ1) is 19.0. The second-order valence-corrected chi connectivity index (χ2v) is 11.7. The highest BCUT2D eigenvalue weighted by Crippen LogP contribution is 2.50. The number of anilines is 1. The molecule has 0 bridgehead atoms. The third-order valence-corrected chi connectivity index (χ3v) is 7.92. The number of Topliss-reactive ketones (excluding diaryl/α,β-unsaturated/α-hetero) is 1. The van der Waals surface area contributed by atoms with Gasteiger partial charge in [0.25, 0.3) is 0 Å². The molecule has 3 aromatic carbocycles. The predicted molar refractivity (Wildman–Crippen MR) is 155 cm³/mol. The number of halogens is 1. The molecule has 6 heteroatoms. The molecule has 3 aromatic rings. The van der Waals surface area contributed by atoms with Crippen molar-refractivity contribution in [2.45, 2.75) is 60.0 Å². The molecule has 0 fully saturated rings. The molecule has 0 aromatic heterocycles. The molecule has 0 saturated heterocycles. The normalized spacial score (nSPS) is 18.5. The zero-order valence-electron chi connectivity index (χ0n) is 23.6. The third kappa shape index (κ3) is 5.00. The molecule has 0 amide bonds. The first kappa shape index (κ1) is 27.2. The number of nitrogens with zero attached hydrogens (tertiary/aromatic N) is 2. The summed E-state index contributed by atoms with van der Waals surface area (Å²) in [5.74, 6) is 0.0553. The van der Waals surface area contributed by atoms with Gasteiger partial charge in [-0.25, -0.2) is 4.39 Å². The van der Waals surface area contributed by atoms with Crippen LogP contribution in [-0.4, -0.2) is 5.78 Å². The number of nitrogens with two attached hydrogens (primary N) is 1. The molecule has 204 valence electrons. The van der Waals surface area contributed by atoms with E-state index >= 15 is 0 Å². The van der Waals surface area contributed by atoms with E-state index in [0.717, 1.165) is 39.2 Å². The van der Waals surface area contributed by atoms with Crippen LogP contribution in [-0.2, 0) is 11.4 Å². The second-order valence-electron chi connectivity index (χ2n) is 11.7. The lowest BCUT2D eigenvalue weighted by Gasteiger charge is -2.44. The number of benzene rings is 3. The Bertz CT molecular complexity index is 1590. The van der Waals surface area contributed by atoms with Crippen LogP contribution in [0.25, 0.3) is 0 Å². The van der Waals surface area contributed by atoms with Gasteiger partial charge in [0.15, 0.2) is 5.78 Å². The summed E-state index contributed by atoms with van der Waals surface area (Å²) in [6, 6.07) is 20.4. The highest BCUT2D eigenvalue weighted by atomic mass is 19.1. The Morgan fingerprint density at radius 2 is 1.70 bits per heavy atom. The third-order valence-electron chi connectivity index (χ3n) is 7.92. The largest absolute Gasteiger partial charge is 0.489 e. The molecule has 2 N–H and O–H groups in total. The molecular formula is C34H34FN3O2. The highest BCUT2D eigenvalue weighted by Gasteiger charge is 2.45. The van der Waals surface area contributed by atoms with Crippen LogP contribution in [0.1, 0.15) is 60.4 Å². The lowest BCUT2D eigenvalue weighted by atomic mass is 9.68. The molecular weight excluding hydrogens is 501 g/mol. The van der Waals surface area contributed by atoms with Gasteiger partial charge in [-0.05, 0) is 91.3 Å². The summed E-state index contributed by atoms with van der Waals surface area (Å²) < 4.78 is 19.3. The summed E-state index contributed by atoms with van der Waals surface area (Å²) in [4.78, 5) is 15.8. The van der Waals surface area contributed by atoms with Gasteiger partial charge in [-0.3, -0.25) is 9.69 Å². The van der Waals surface area contributed by atoms with Crippen LogP contribution in [0.4, 0.5) is 10.1 Å². The van der Waals surface area contributed by atoms with Gasteiger partial charge in [0.05, 0.1) is 17.6 Å². The van der Waals surface area contributed by atoms with Gasteiger partial charge < -0.3 is 10.5 Å². The number of carbonyl (C=O) groups is 1. The number of aryl methyl sites for hydroxylation is 3. The van der Waals surface area contributed by atoms with Crippen LogP contribution in [0, 0.1) is 43.3 Å². The van der Waals surface area contributed by atoms with Crippen LogP contribution in [0.15, 0.2) is 83.3 Å². The van der Waals surface area contributed by atoms with Gasteiger partial charge in [-0.2, -0.15) is 5.26 Å². The maximum atomic E-state index is 13.9. The number of hydrogen-bond acceptors (Lipinski definition) is 5. The number of carbonyl (C=O) groups excluding carboxylic acids is 1. The van der Waals surface area contributed by atoms with Crippen molar-refractivity contribution in [2.24, 2.45) is 11.1 Å². The zero-order valence-corrected chi connectivity index (χ0v) is 23.6. The fourth-order valence-corrected chi connectivity index (χ4v) is 5.88. The standard InChI is InChI=1S/C34H34FN3O2/c1-20-6-10-25(11-7-20)38-29-16-34(4,5)17-30(39)32(29)31(28(18-36)33(38)37)27-15-23(21(2)14-22(27)3)19-40-26-12-8-24(35)9-13-26/h6-15,31H,16-17,19,37H2,1-5H3. The van der Waals surface area contributed by atoms with E-state index in [4.69, 9.17) is 10.5 Å². The van der Waals surface area contributed by atoms with E-state index in [1.165, 1.54) is 12.1 Å². The second kappa shape index (κ2) is 10.3. The van der Waals surface area contributed by atoms with Crippen molar-refractivity contribution in [2.75, 3.05) is 4.90 Å². The minimum Gasteiger partial charge on any atom is -0.489 e. The highest BCUT2D eigenvalue weighted by molar-refractivity contribution is 6.01. The van der Waals surface area contributed by atoms with Gasteiger partial charge in [-0.15, -0.1) is 0 Å². The number of nitriles is 1. The van der Waals surface area contributed by atoms with E-state index in [-0.39, 0.29) is 23.6 Å². The van der Waals surface area contributed by atoms with Crippen molar-refractivity contribution in [1.82, 2.24) is 0 Å². The summed E-state index contributed by atoms with van der Waals surface area (Å²) in [7, 11) is 0. The van der Waals surface area contributed by atoms with Crippen LogP contribution in [0.3, 0.4) is 0 Å². The molecule has 1 unspecified atom stereocenters. The number of ketones is 1. The maximum absolute atomic E-state index is 13.9. The topological polar surface area (TPSA) is 79.3 Å². The molecule has 0 saturated carbocycles. The Morgan fingerprint density at radius 3 is 2.35 bits per heavy atom. The molecule has 2 aliphatic rings. The van der Waals surface area contributed by atoms with E-state index in [0.29, 0.717) is 35.6 Å². The fraction of sp³-hybridized carbons (Fsp3) is 0.294. The van der Waals surface area contributed by atoms with E-state index in [9.17, 15) is 14.4 Å². The SMILES string of the molecule is Cc1ccc(N2C(N)=C(C#N)C(c3cc(COc4ccc(F)cc4)c(C)cc3C)C3=C2CC(C)(C)CC3=O)cc1. The Kier molecular flexibility index (Phi) is 7.01. The molecule has 1 aliphatic heterocycles. The van der Waals surface area contributed by atoms with Gasteiger partial charge in [0.1, 0.15) is 24.0 Å². The molecule has 1 aliphatic carbocycles. The minimum atomic E-state index is -0.574. The first-order valence-electron chi connectivity index (χ1n) is 13.5. The lowest BCUT2D eigenvalue weighted by Crippen LogP contribution is -2.42. The van der Waals surface area contributed by atoms with E-state index in [1.807, 2.05) is 56.0 Å². The van der Waals surface area contributed by atoms with Crippen molar-refractivity contribution in [3.05, 3.63) is 117 Å². The van der Waals surface area contributed by atoms with Crippen molar-refractivity contribution < 1.29 is 13.9 Å². The lowest BCUT2D eigenvalue weighted by molar-refractivity contribution is -0.118. The van der Waals surface area contributed by atoms with Crippen molar-refractivity contribution in [1.29, 1.82) is 5.26 Å². The molecule has 5 rings (SSSR count). The molecule has 40 heavy (non-hydrogen) atoms. The average molecular weight is 536 g/mol. The summed E-state index contributed by atoms with van der Waals surface area (Å²) in [5, 5.41) is 10.5. The van der Waals surface area contributed by atoms with Crippen LogP contribution in [0.2, 0.25) is 0 Å². The fourth-order valence-electron chi connectivity index (χ4n) is 5.88. The van der Waals surface area contributed by atoms with E-state index < -0.39 is 5.92 Å². The first-order valence-corrected chi connectivity index (χ1v) is 13.5. The molecule has 0 radical (unpaired) electrons. The summed E-state index contributed by atoms with van der Waals surface area (Å²) >= 11 is 0. The smallest absolute Gasteiger partial charge is 0.162 e. The van der Waals surface area contributed by atoms with E-state index in [2.05, 4.69) is 26.0 Å². The van der Waals surface area contributed by atoms with Crippen LogP contribution >= 0.6 is 0 Å². The van der Waals surface area contributed by atoms with Crippen molar-refractivity contribution in [3.8, 4) is 11.8 Å². The minimum absolute atomic E-state index is 0.0395. The van der Waals surface area contributed by atoms with Gasteiger partial charge in [-0.1, -0.05) is 43.7 Å². The van der Waals surface area contributed by atoms with Crippen LogP contribution in [0.5, 0.6) is 5.75 Å². The Morgan fingerprint density at radius 1 is 1.02 bits per heavy atom. The van der Waals surface area contributed by atoms with Crippen molar-refractivity contribution >= 4 is 11.5 Å². The molecule has 1 heterocycles. The maximum Gasteiger partial charge on any atom is 0.162 e. The van der Waals surface area contributed by atoms with E-state index in [1.54, 1.807) is 12.1 Å². The quantitative estimate of drug-likeness (QED) is 0.372. The Hall–Kier alpha value is -4.37. The summed E-state index contributed by atoms with van der Waals surface area (Å²) in [5.41, 5.74) is 14.2. The van der Waals surface area contributed by atoms with Crippen LogP contribution < -0.4 is 15.4 Å². The number of ether oxygens (including phenoxy) is 1. The average Bonchev–Trinajstić information content (AvgIpc) is 2.89. The molecule has 1 atom stereocenters. The Labute approximate surface area is 235 Å². The number of hydrogen-bond donors (Lipinski definition) is 1. The zero-order chi connectivity index (χ0) is 28.8.